The molecule has 5 N–H and O–H groups in total. The van der Waals surface area contributed by atoms with Crippen molar-refractivity contribution in [2.75, 3.05) is 17.6 Å². The number of nitrogens with one attached hydrogen (secondary N) is 1. The van der Waals surface area contributed by atoms with Gasteiger partial charge in [0.15, 0.2) is 0 Å². The van der Waals surface area contributed by atoms with Gasteiger partial charge in [0.1, 0.15) is 0 Å². The Hall–Kier alpha value is -2.50. The van der Waals surface area contributed by atoms with Crippen molar-refractivity contribution in [1.29, 1.82) is 0 Å². The van der Waals surface area contributed by atoms with E-state index in [-0.39, 0.29) is 0 Å². The Kier molecular flexibility index (Phi) is 4.47. The van der Waals surface area contributed by atoms with E-state index in [0.717, 1.165) is 36.6 Å². The number of carbonyl (C=O) groups excluding carboxylic acids is 1. The molecule has 0 atom stereocenters. The fraction of sp³-hybridized carbons (Fsp3) is 0.333. The van der Waals surface area contributed by atoms with E-state index in [4.69, 9.17) is 11.5 Å². The summed E-state index contributed by atoms with van der Waals surface area (Å²) in [4.78, 5) is 11.2. The second kappa shape index (κ2) is 6.30. The molecule has 0 saturated carbocycles. The topological polar surface area (TPSA) is 99.0 Å². The van der Waals surface area contributed by atoms with Crippen molar-refractivity contribution < 1.29 is 4.79 Å². The minimum atomic E-state index is -0.458. The second-order valence-electron chi connectivity index (χ2n) is 5.10. The number of rotatable bonds is 6. The van der Waals surface area contributed by atoms with Gasteiger partial charge in [-0.3, -0.25) is 9.48 Å². The quantitative estimate of drug-likeness (QED) is 0.556. The van der Waals surface area contributed by atoms with Crippen LogP contribution in [0.3, 0.4) is 0 Å². The first-order valence-corrected chi connectivity index (χ1v) is 6.91. The fourth-order valence-corrected chi connectivity index (χ4v) is 2.22. The molecule has 1 amide bonds. The van der Waals surface area contributed by atoms with Crippen molar-refractivity contribution in [2.45, 2.75) is 26.8 Å². The Bertz CT molecular complexity index is 648. The van der Waals surface area contributed by atoms with E-state index in [9.17, 15) is 4.79 Å². The molecule has 0 aliphatic carbocycles. The normalized spacial score (nSPS) is 10.6. The monoisotopic (exact) mass is 287 g/mol. The van der Waals surface area contributed by atoms with Gasteiger partial charge in [0.05, 0.1) is 17.1 Å². The van der Waals surface area contributed by atoms with Gasteiger partial charge in [-0.15, -0.1) is 0 Å². The van der Waals surface area contributed by atoms with Crippen molar-refractivity contribution in [3.8, 4) is 0 Å². The minimum Gasteiger partial charge on any atom is -0.397 e. The van der Waals surface area contributed by atoms with Crippen molar-refractivity contribution in [2.24, 2.45) is 5.73 Å². The van der Waals surface area contributed by atoms with Crippen LogP contribution in [0.1, 0.15) is 28.2 Å². The average molecular weight is 287 g/mol. The molecular weight excluding hydrogens is 266 g/mol. The zero-order valence-electron chi connectivity index (χ0n) is 12.4. The zero-order chi connectivity index (χ0) is 15.4. The molecule has 0 aliphatic heterocycles. The highest BCUT2D eigenvalue weighted by Gasteiger charge is 2.05. The summed E-state index contributed by atoms with van der Waals surface area (Å²) in [5.41, 5.74) is 15.1. The highest BCUT2D eigenvalue weighted by molar-refractivity contribution is 5.94. The maximum atomic E-state index is 11.2. The molecule has 21 heavy (non-hydrogen) atoms. The van der Waals surface area contributed by atoms with Crippen LogP contribution in [0.4, 0.5) is 11.4 Å². The van der Waals surface area contributed by atoms with Crippen molar-refractivity contribution in [1.82, 2.24) is 9.78 Å². The van der Waals surface area contributed by atoms with E-state index in [1.165, 1.54) is 0 Å². The Morgan fingerprint density at radius 2 is 2.10 bits per heavy atom. The smallest absolute Gasteiger partial charge is 0.248 e. The van der Waals surface area contributed by atoms with Crippen LogP contribution in [-0.2, 0) is 6.54 Å². The molecule has 0 spiro atoms. The third-order valence-corrected chi connectivity index (χ3v) is 3.30. The lowest BCUT2D eigenvalue weighted by Gasteiger charge is -2.11. The molecule has 0 aliphatic rings. The van der Waals surface area contributed by atoms with Crippen molar-refractivity contribution in [3.63, 3.8) is 0 Å². The second-order valence-corrected chi connectivity index (χ2v) is 5.10. The van der Waals surface area contributed by atoms with Gasteiger partial charge in [-0.25, -0.2) is 0 Å². The van der Waals surface area contributed by atoms with Crippen molar-refractivity contribution in [3.05, 3.63) is 41.2 Å². The van der Waals surface area contributed by atoms with Gasteiger partial charge in [-0.1, -0.05) is 0 Å². The molecule has 1 aromatic carbocycles. The van der Waals surface area contributed by atoms with E-state index >= 15 is 0 Å². The third kappa shape index (κ3) is 3.75. The number of amides is 1. The van der Waals surface area contributed by atoms with Gasteiger partial charge in [0, 0.05) is 24.3 Å². The van der Waals surface area contributed by atoms with E-state index < -0.39 is 5.91 Å². The molecule has 1 heterocycles. The standard InChI is InChI=1S/C15H21N5O/c1-10-8-11(2)20(19-10)7-3-6-18-14-9-12(15(17)21)4-5-13(14)16/h4-5,8-9,18H,3,6-7,16H2,1-2H3,(H2,17,21). The average Bonchev–Trinajstić information content (AvgIpc) is 2.74. The van der Waals surface area contributed by atoms with E-state index in [1.54, 1.807) is 18.2 Å². The molecule has 6 heteroatoms. The molecule has 0 fully saturated rings. The van der Waals surface area contributed by atoms with Crippen LogP contribution >= 0.6 is 0 Å². The number of hydrogen-bond acceptors (Lipinski definition) is 4. The van der Waals surface area contributed by atoms with Gasteiger partial charge in [0.2, 0.25) is 5.91 Å². The molecule has 2 aromatic rings. The molecule has 112 valence electrons. The molecule has 0 radical (unpaired) electrons. The van der Waals surface area contributed by atoms with Gasteiger partial charge < -0.3 is 16.8 Å². The van der Waals surface area contributed by atoms with Crippen LogP contribution < -0.4 is 16.8 Å². The highest BCUT2D eigenvalue weighted by atomic mass is 16.1. The number of primary amides is 1. The summed E-state index contributed by atoms with van der Waals surface area (Å²) in [5, 5.41) is 7.64. The first-order chi connectivity index (χ1) is 9.97. The molecule has 1 aromatic heterocycles. The summed E-state index contributed by atoms with van der Waals surface area (Å²) in [7, 11) is 0. The van der Waals surface area contributed by atoms with Crippen molar-refractivity contribution >= 4 is 17.3 Å². The van der Waals surface area contributed by atoms with Crippen LogP contribution in [-0.4, -0.2) is 22.2 Å². The summed E-state index contributed by atoms with van der Waals surface area (Å²) in [6, 6.07) is 7.05. The lowest BCUT2D eigenvalue weighted by atomic mass is 10.1. The number of carbonyl (C=O) groups is 1. The molecule has 2 rings (SSSR count). The first-order valence-electron chi connectivity index (χ1n) is 6.91. The first kappa shape index (κ1) is 14.9. The molecular formula is C15H21N5O. The highest BCUT2D eigenvalue weighted by Crippen LogP contribution is 2.19. The third-order valence-electron chi connectivity index (χ3n) is 3.30. The number of anilines is 2. The fourth-order valence-electron chi connectivity index (χ4n) is 2.22. The molecule has 0 bridgehead atoms. The maximum Gasteiger partial charge on any atom is 0.248 e. The van der Waals surface area contributed by atoms with E-state index in [0.29, 0.717) is 11.3 Å². The lowest BCUT2D eigenvalue weighted by Crippen LogP contribution is -2.13. The number of benzene rings is 1. The minimum absolute atomic E-state index is 0.449. The zero-order valence-corrected chi connectivity index (χ0v) is 12.4. The largest absolute Gasteiger partial charge is 0.397 e. The Morgan fingerprint density at radius 1 is 1.33 bits per heavy atom. The van der Waals surface area contributed by atoms with E-state index in [1.807, 2.05) is 18.5 Å². The number of aryl methyl sites for hydroxylation is 3. The molecule has 6 nitrogen and oxygen atoms in total. The summed E-state index contributed by atoms with van der Waals surface area (Å²) < 4.78 is 1.99. The Labute approximate surface area is 124 Å². The predicted molar refractivity (Wildman–Crippen MR) is 84.2 cm³/mol. The SMILES string of the molecule is Cc1cc(C)n(CCCNc2cc(C(N)=O)ccc2N)n1. The summed E-state index contributed by atoms with van der Waals surface area (Å²) in [6.07, 6.45) is 0.905. The van der Waals surface area contributed by atoms with Crippen LogP contribution in [0.2, 0.25) is 0 Å². The van der Waals surface area contributed by atoms with Gasteiger partial charge in [0.25, 0.3) is 0 Å². The summed E-state index contributed by atoms with van der Waals surface area (Å²) in [6.45, 7) is 5.60. The van der Waals surface area contributed by atoms with Crippen LogP contribution in [0.15, 0.2) is 24.3 Å². The number of aromatic nitrogens is 2. The van der Waals surface area contributed by atoms with Crippen LogP contribution in [0.25, 0.3) is 0 Å². The number of hydrogen-bond donors (Lipinski definition) is 3. The summed E-state index contributed by atoms with van der Waals surface area (Å²) >= 11 is 0. The van der Waals surface area contributed by atoms with Crippen LogP contribution in [0.5, 0.6) is 0 Å². The lowest BCUT2D eigenvalue weighted by molar-refractivity contribution is 0.100. The van der Waals surface area contributed by atoms with Gasteiger partial charge in [-0.2, -0.15) is 5.10 Å². The van der Waals surface area contributed by atoms with Gasteiger partial charge >= 0.3 is 0 Å². The Balaban J connectivity index is 1.90. The molecule has 0 saturated heterocycles. The van der Waals surface area contributed by atoms with Gasteiger partial charge in [-0.05, 0) is 44.5 Å². The number of nitrogens with two attached hydrogens (primary N) is 2. The number of nitrogens with zero attached hydrogens (tertiary/aromatic N) is 2. The van der Waals surface area contributed by atoms with Crippen LogP contribution in [0, 0.1) is 13.8 Å². The van der Waals surface area contributed by atoms with E-state index in [2.05, 4.69) is 16.5 Å². The maximum absolute atomic E-state index is 11.2. The molecule has 0 unspecified atom stereocenters. The summed E-state index contributed by atoms with van der Waals surface area (Å²) in [5.74, 6) is -0.458. The predicted octanol–water partition coefficient (Wildman–Crippen LogP) is 1.68. The Morgan fingerprint density at radius 3 is 2.71 bits per heavy atom. The number of nitrogen functional groups attached to an aromatic ring is 1.